The maximum atomic E-state index is 13.5. The number of esters is 1. The molecular formula is C28H33N3O3. The quantitative estimate of drug-likeness (QED) is 0.537. The molecule has 6 heteroatoms. The molecule has 0 spiro atoms. The average Bonchev–Trinajstić information content (AvgIpc) is 2.87. The molecule has 34 heavy (non-hydrogen) atoms. The van der Waals surface area contributed by atoms with Crippen LogP contribution in [-0.2, 0) is 16.0 Å². The van der Waals surface area contributed by atoms with Crippen LogP contribution in [0.3, 0.4) is 0 Å². The number of carbonyl (C=O) groups is 2. The van der Waals surface area contributed by atoms with Crippen molar-refractivity contribution in [3.05, 3.63) is 77.4 Å². The SMILES string of the molecule is COC(=O)CCc1ccc(N2CCN(C)CC2)cc1C(=O)NC(C)c1cccc2ccccc12. The number of rotatable bonds is 7. The van der Waals surface area contributed by atoms with Gasteiger partial charge in [-0.25, -0.2) is 0 Å². The molecular weight excluding hydrogens is 426 g/mol. The third-order valence-electron chi connectivity index (χ3n) is 6.67. The monoisotopic (exact) mass is 459 g/mol. The van der Waals surface area contributed by atoms with E-state index in [0.29, 0.717) is 12.0 Å². The number of benzene rings is 3. The van der Waals surface area contributed by atoms with Crippen molar-refractivity contribution in [3.63, 3.8) is 0 Å². The van der Waals surface area contributed by atoms with Gasteiger partial charge in [0.15, 0.2) is 0 Å². The molecule has 1 heterocycles. The van der Waals surface area contributed by atoms with E-state index in [2.05, 4.69) is 52.5 Å². The lowest BCUT2D eigenvalue weighted by atomic mass is 9.98. The third-order valence-corrected chi connectivity index (χ3v) is 6.67. The number of aryl methyl sites for hydroxylation is 1. The number of hydrogen-bond donors (Lipinski definition) is 1. The highest BCUT2D eigenvalue weighted by Crippen LogP contribution is 2.26. The number of methoxy groups -OCH3 is 1. The number of ether oxygens (including phenoxy) is 1. The van der Waals surface area contributed by atoms with E-state index in [9.17, 15) is 9.59 Å². The Morgan fingerprint density at radius 3 is 2.50 bits per heavy atom. The second kappa shape index (κ2) is 10.7. The van der Waals surface area contributed by atoms with Crippen LogP contribution in [0.2, 0.25) is 0 Å². The molecule has 1 N–H and O–H groups in total. The average molecular weight is 460 g/mol. The zero-order valence-electron chi connectivity index (χ0n) is 20.2. The molecule has 3 aromatic rings. The van der Waals surface area contributed by atoms with Gasteiger partial charge in [-0.15, -0.1) is 0 Å². The van der Waals surface area contributed by atoms with Crippen molar-refractivity contribution >= 4 is 28.3 Å². The van der Waals surface area contributed by atoms with Crippen LogP contribution >= 0.6 is 0 Å². The molecule has 6 nitrogen and oxygen atoms in total. The lowest BCUT2D eigenvalue weighted by Crippen LogP contribution is -2.44. The van der Waals surface area contributed by atoms with Crippen molar-refractivity contribution in [3.8, 4) is 0 Å². The number of amides is 1. The number of carbonyl (C=O) groups excluding carboxylic acids is 2. The summed E-state index contributed by atoms with van der Waals surface area (Å²) in [6.07, 6.45) is 0.699. The summed E-state index contributed by atoms with van der Waals surface area (Å²) in [6, 6.07) is 20.2. The highest BCUT2D eigenvalue weighted by Gasteiger charge is 2.20. The number of fused-ring (bicyclic) bond motifs is 1. The summed E-state index contributed by atoms with van der Waals surface area (Å²) >= 11 is 0. The Morgan fingerprint density at radius 1 is 1.00 bits per heavy atom. The van der Waals surface area contributed by atoms with Crippen LogP contribution in [0, 0.1) is 0 Å². The third kappa shape index (κ3) is 5.39. The van der Waals surface area contributed by atoms with Gasteiger partial charge in [0.25, 0.3) is 5.91 Å². The Morgan fingerprint density at radius 2 is 1.74 bits per heavy atom. The Balaban J connectivity index is 1.60. The smallest absolute Gasteiger partial charge is 0.305 e. The number of anilines is 1. The minimum absolute atomic E-state index is 0.128. The van der Waals surface area contributed by atoms with Gasteiger partial charge in [0, 0.05) is 43.9 Å². The lowest BCUT2D eigenvalue weighted by molar-refractivity contribution is -0.140. The molecule has 1 aliphatic rings. The molecule has 1 unspecified atom stereocenters. The maximum absolute atomic E-state index is 13.5. The Labute approximate surface area is 201 Å². The van der Waals surface area contributed by atoms with E-state index in [-0.39, 0.29) is 24.3 Å². The Hall–Kier alpha value is -3.38. The molecule has 0 aromatic heterocycles. The normalized spacial score (nSPS) is 15.2. The summed E-state index contributed by atoms with van der Waals surface area (Å²) in [5.74, 6) is -0.407. The van der Waals surface area contributed by atoms with Crippen molar-refractivity contribution in [1.29, 1.82) is 0 Å². The van der Waals surface area contributed by atoms with Gasteiger partial charge in [0.1, 0.15) is 0 Å². The second-order valence-corrected chi connectivity index (χ2v) is 8.97. The first-order chi connectivity index (χ1) is 16.5. The fraction of sp³-hybridized carbons (Fsp3) is 0.357. The number of nitrogens with one attached hydrogen (secondary N) is 1. The van der Waals surface area contributed by atoms with Crippen molar-refractivity contribution in [2.45, 2.75) is 25.8 Å². The molecule has 0 bridgehead atoms. The van der Waals surface area contributed by atoms with Crippen molar-refractivity contribution in [2.75, 3.05) is 45.2 Å². The summed E-state index contributed by atoms with van der Waals surface area (Å²) in [6.45, 7) is 5.84. The predicted molar refractivity (Wildman–Crippen MR) is 136 cm³/mol. The first-order valence-electron chi connectivity index (χ1n) is 11.9. The van der Waals surface area contributed by atoms with Crippen LogP contribution < -0.4 is 10.2 Å². The molecule has 1 saturated heterocycles. The molecule has 0 radical (unpaired) electrons. The molecule has 3 aromatic carbocycles. The van der Waals surface area contributed by atoms with E-state index >= 15 is 0 Å². The summed E-state index contributed by atoms with van der Waals surface area (Å²) in [4.78, 5) is 29.9. The molecule has 1 fully saturated rings. The second-order valence-electron chi connectivity index (χ2n) is 8.97. The maximum Gasteiger partial charge on any atom is 0.305 e. The first kappa shape index (κ1) is 23.8. The molecule has 1 amide bonds. The molecule has 0 saturated carbocycles. The van der Waals surface area contributed by atoms with Crippen LogP contribution in [-0.4, -0.2) is 57.1 Å². The van der Waals surface area contributed by atoms with Crippen molar-refractivity contribution in [1.82, 2.24) is 10.2 Å². The highest BCUT2D eigenvalue weighted by atomic mass is 16.5. The number of nitrogens with zero attached hydrogens (tertiary/aromatic N) is 2. The minimum atomic E-state index is -0.279. The van der Waals surface area contributed by atoms with E-state index < -0.39 is 0 Å². The molecule has 4 rings (SSSR count). The van der Waals surface area contributed by atoms with Gasteiger partial charge >= 0.3 is 5.97 Å². The number of piperazine rings is 1. The van der Waals surface area contributed by atoms with Gasteiger partial charge in [-0.2, -0.15) is 0 Å². The van der Waals surface area contributed by atoms with Gasteiger partial charge in [0.2, 0.25) is 0 Å². The summed E-state index contributed by atoms with van der Waals surface area (Å²) < 4.78 is 4.81. The highest BCUT2D eigenvalue weighted by molar-refractivity contribution is 5.97. The number of hydrogen-bond acceptors (Lipinski definition) is 5. The standard InChI is InChI=1S/C28H33N3O3/c1-20(24-10-6-8-21-7-4-5-9-25(21)24)29-28(33)26-19-23(31-17-15-30(2)16-18-31)13-11-22(26)12-14-27(32)34-3/h4-11,13,19-20H,12,14-18H2,1-3H3,(H,29,33). The first-order valence-corrected chi connectivity index (χ1v) is 11.9. The van der Waals surface area contributed by atoms with Crippen molar-refractivity contribution < 1.29 is 14.3 Å². The fourth-order valence-corrected chi connectivity index (χ4v) is 4.57. The van der Waals surface area contributed by atoms with E-state index in [1.54, 1.807) is 0 Å². The topological polar surface area (TPSA) is 61.9 Å². The van der Waals surface area contributed by atoms with Crippen LogP contribution in [0.1, 0.15) is 40.9 Å². The largest absolute Gasteiger partial charge is 0.469 e. The van der Waals surface area contributed by atoms with Crippen LogP contribution in [0.4, 0.5) is 5.69 Å². The van der Waals surface area contributed by atoms with Crippen LogP contribution in [0.15, 0.2) is 60.7 Å². The van der Waals surface area contributed by atoms with Gasteiger partial charge < -0.3 is 19.9 Å². The molecule has 1 atom stereocenters. The van der Waals surface area contributed by atoms with E-state index in [1.807, 2.05) is 37.3 Å². The summed E-state index contributed by atoms with van der Waals surface area (Å²) in [5, 5.41) is 5.49. The fourth-order valence-electron chi connectivity index (χ4n) is 4.57. The predicted octanol–water partition coefficient (Wildman–Crippen LogP) is 4.19. The van der Waals surface area contributed by atoms with Crippen LogP contribution in [0.25, 0.3) is 10.8 Å². The van der Waals surface area contributed by atoms with Gasteiger partial charge in [0.05, 0.1) is 13.2 Å². The van der Waals surface area contributed by atoms with E-state index in [4.69, 9.17) is 4.74 Å². The number of likely N-dealkylation sites (N-methyl/N-ethyl adjacent to an activating group) is 1. The summed E-state index contributed by atoms with van der Waals surface area (Å²) in [5.41, 5.74) is 3.59. The lowest BCUT2D eigenvalue weighted by Gasteiger charge is -2.34. The van der Waals surface area contributed by atoms with E-state index in [0.717, 1.165) is 53.8 Å². The molecule has 1 aliphatic heterocycles. The van der Waals surface area contributed by atoms with E-state index in [1.165, 1.54) is 7.11 Å². The van der Waals surface area contributed by atoms with Gasteiger partial charge in [-0.05, 0) is 54.4 Å². The molecule has 0 aliphatic carbocycles. The van der Waals surface area contributed by atoms with Gasteiger partial charge in [-0.1, -0.05) is 48.5 Å². The van der Waals surface area contributed by atoms with Gasteiger partial charge in [-0.3, -0.25) is 9.59 Å². The van der Waals surface area contributed by atoms with Crippen LogP contribution in [0.5, 0.6) is 0 Å². The minimum Gasteiger partial charge on any atom is -0.469 e. The van der Waals surface area contributed by atoms with Crippen molar-refractivity contribution in [2.24, 2.45) is 0 Å². The molecule has 178 valence electrons. The summed E-state index contributed by atoms with van der Waals surface area (Å²) in [7, 11) is 3.51. The zero-order valence-corrected chi connectivity index (χ0v) is 20.2. The Bertz CT molecular complexity index is 1160. The zero-order chi connectivity index (χ0) is 24.1. The Kier molecular flexibility index (Phi) is 7.48.